The van der Waals surface area contributed by atoms with E-state index in [9.17, 15) is 0 Å². The number of ether oxygens (including phenoxy) is 1. The lowest BCUT2D eigenvalue weighted by Gasteiger charge is -2.11. The first kappa shape index (κ1) is 10.4. The third-order valence-corrected chi connectivity index (χ3v) is 3.04. The molecule has 17 heavy (non-hydrogen) atoms. The molecule has 2 aromatic carbocycles. The first-order valence-electron chi connectivity index (χ1n) is 6.02. The molecule has 0 saturated carbocycles. The molecule has 1 aliphatic rings. The molecule has 0 radical (unpaired) electrons. The summed E-state index contributed by atoms with van der Waals surface area (Å²) >= 11 is 0. The molecule has 1 aliphatic heterocycles. The summed E-state index contributed by atoms with van der Waals surface area (Å²) in [5.74, 6) is 6.36. The van der Waals surface area contributed by atoms with Crippen molar-refractivity contribution in [2.45, 2.75) is 18.9 Å². The molecule has 1 atom stereocenters. The van der Waals surface area contributed by atoms with Gasteiger partial charge in [-0.15, -0.1) is 5.92 Å². The maximum absolute atomic E-state index is 5.76. The van der Waals surface area contributed by atoms with Crippen molar-refractivity contribution in [3.8, 4) is 11.8 Å². The fourth-order valence-corrected chi connectivity index (χ4v) is 2.12. The molecule has 0 fully saturated rings. The summed E-state index contributed by atoms with van der Waals surface area (Å²) in [6, 6.07) is 14.8. The molecular formula is C16H14O. The predicted molar refractivity (Wildman–Crippen MR) is 69.7 cm³/mol. The summed E-state index contributed by atoms with van der Waals surface area (Å²) in [6.45, 7) is 0.789. The zero-order valence-corrected chi connectivity index (χ0v) is 9.65. The molecule has 2 aromatic rings. The van der Waals surface area contributed by atoms with Crippen molar-refractivity contribution in [1.29, 1.82) is 0 Å². The van der Waals surface area contributed by atoms with E-state index in [1.54, 1.807) is 0 Å². The van der Waals surface area contributed by atoms with Gasteiger partial charge in [0.2, 0.25) is 0 Å². The second kappa shape index (κ2) is 4.61. The van der Waals surface area contributed by atoms with E-state index in [-0.39, 0.29) is 6.10 Å². The fourth-order valence-electron chi connectivity index (χ4n) is 2.12. The van der Waals surface area contributed by atoms with Crippen LogP contribution in [0, 0.1) is 11.8 Å². The highest BCUT2D eigenvalue weighted by Gasteiger charge is 2.10. The maximum atomic E-state index is 5.76. The van der Waals surface area contributed by atoms with Gasteiger partial charge in [0.05, 0.1) is 0 Å². The monoisotopic (exact) mass is 222 g/mol. The van der Waals surface area contributed by atoms with Crippen molar-refractivity contribution in [1.82, 2.24) is 0 Å². The van der Waals surface area contributed by atoms with Crippen LogP contribution < -0.4 is 0 Å². The van der Waals surface area contributed by atoms with Crippen LogP contribution in [0.5, 0.6) is 0 Å². The van der Waals surface area contributed by atoms with E-state index in [1.165, 1.54) is 10.8 Å². The van der Waals surface area contributed by atoms with Gasteiger partial charge in [0, 0.05) is 13.0 Å². The Morgan fingerprint density at radius 2 is 1.94 bits per heavy atom. The van der Waals surface area contributed by atoms with Gasteiger partial charge in [-0.05, 0) is 28.8 Å². The Balaban J connectivity index is 2.01. The van der Waals surface area contributed by atoms with Crippen LogP contribution in [0.3, 0.4) is 0 Å². The molecule has 1 nitrogen and oxygen atoms in total. The topological polar surface area (TPSA) is 9.23 Å². The van der Waals surface area contributed by atoms with E-state index in [2.05, 4.69) is 54.3 Å². The Kier molecular flexibility index (Phi) is 2.81. The van der Waals surface area contributed by atoms with Crippen LogP contribution in [0.4, 0.5) is 0 Å². The molecule has 0 saturated heterocycles. The maximum Gasteiger partial charge on any atom is 0.143 e. The molecule has 84 valence electrons. The van der Waals surface area contributed by atoms with E-state index in [0.29, 0.717) is 0 Å². The first-order valence-corrected chi connectivity index (χ1v) is 6.02. The quantitative estimate of drug-likeness (QED) is 0.668. The molecule has 0 unspecified atom stereocenters. The minimum atomic E-state index is -0.0536. The lowest BCUT2D eigenvalue weighted by atomic mass is 10.0. The standard InChI is InChI=1S/C16H14O/c1-2-8-16(17-11-5-1)15-10-9-13-6-3-4-7-14(13)12-15/h3-4,6-7,9-10,12,16H,1,5,11H2/t16-/m0/s1. The molecule has 0 aliphatic carbocycles. The average molecular weight is 222 g/mol. The molecule has 0 aromatic heterocycles. The number of fused-ring (bicyclic) bond motifs is 1. The molecular weight excluding hydrogens is 208 g/mol. The summed E-state index contributed by atoms with van der Waals surface area (Å²) in [7, 11) is 0. The van der Waals surface area contributed by atoms with Crippen LogP contribution in [0.25, 0.3) is 10.8 Å². The Hall–Kier alpha value is -1.78. The van der Waals surface area contributed by atoms with Crippen LogP contribution in [-0.2, 0) is 4.74 Å². The summed E-state index contributed by atoms with van der Waals surface area (Å²) in [6.07, 6.45) is 1.93. The van der Waals surface area contributed by atoms with Gasteiger partial charge in [-0.2, -0.15) is 0 Å². The molecule has 1 heterocycles. The Labute approximate surface area is 101 Å². The largest absolute Gasteiger partial charge is 0.361 e. The Morgan fingerprint density at radius 1 is 1.06 bits per heavy atom. The zero-order chi connectivity index (χ0) is 11.5. The minimum absolute atomic E-state index is 0.0536. The molecule has 1 heteroatoms. The van der Waals surface area contributed by atoms with Crippen molar-refractivity contribution in [3.05, 3.63) is 48.0 Å². The van der Waals surface area contributed by atoms with Crippen LogP contribution in [0.2, 0.25) is 0 Å². The van der Waals surface area contributed by atoms with E-state index in [1.807, 2.05) is 0 Å². The van der Waals surface area contributed by atoms with Gasteiger partial charge in [-0.25, -0.2) is 0 Å². The van der Waals surface area contributed by atoms with Gasteiger partial charge in [0.1, 0.15) is 6.10 Å². The van der Waals surface area contributed by atoms with Crippen LogP contribution in [0.1, 0.15) is 24.5 Å². The van der Waals surface area contributed by atoms with Crippen LogP contribution in [-0.4, -0.2) is 6.61 Å². The van der Waals surface area contributed by atoms with E-state index in [4.69, 9.17) is 4.74 Å². The second-order valence-electron chi connectivity index (χ2n) is 4.28. The molecule has 3 rings (SSSR count). The molecule has 0 bridgehead atoms. The van der Waals surface area contributed by atoms with E-state index >= 15 is 0 Å². The summed E-state index contributed by atoms with van der Waals surface area (Å²) < 4.78 is 5.76. The highest BCUT2D eigenvalue weighted by Crippen LogP contribution is 2.23. The van der Waals surface area contributed by atoms with Crippen molar-refractivity contribution >= 4 is 10.8 Å². The van der Waals surface area contributed by atoms with Crippen molar-refractivity contribution < 1.29 is 4.74 Å². The van der Waals surface area contributed by atoms with Gasteiger partial charge < -0.3 is 4.74 Å². The fraction of sp³-hybridized carbons (Fsp3) is 0.250. The van der Waals surface area contributed by atoms with Crippen molar-refractivity contribution in [2.24, 2.45) is 0 Å². The number of hydrogen-bond donors (Lipinski definition) is 0. The summed E-state index contributed by atoms with van der Waals surface area (Å²) in [4.78, 5) is 0. The first-order chi connectivity index (χ1) is 8.43. The van der Waals surface area contributed by atoms with Crippen molar-refractivity contribution in [2.75, 3.05) is 6.61 Å². The van der Waals surface area contributed by atoms with Gasteiger partial charge in [-0.3, -0.25) is 0 Å². The number of rotatable bonds is 1. The highest BCUT2D eigenvalue weighted by atomic mass is 16.5. The van der Waals surface area contributed by atoms with Crippen LogP contribution >= 0.6 is 0 Å². The van der Waals surface area contributed by atoms with Crippen molar-refractivity contribution in [3.63, 3.8) is 0 Å². The third-order valence-electron chi connectivity index (χ3n) is 3.04. The average Bonchev–Trinajstić information content (AvgIpc) is 2.67. The highest BCUT2D eigenvalue weighted by molar-refractivity contribution is 5.83. The third kappa shape index (κ3) is 2.18. The van der Waals surface area contributed by atoms with E-state index in [0.717, 1.165) is 25.0 Å². The molecule has 0 N–H and O–H groups in total. The second-order valence-corrected chi connectivity index (χ2v) is 4.28. The van der Waals surface area contributed by atoms with Gasteiger partial charge >= 0.3 is 0 Å². The van der Waals surface area contributed by atoms with Crippen LogP contribution in [0.15, 0.2) is 42.5 Å². The summed E-state index contributed by atoms with van der Waals surface area (Å²) in [5, 5.41) is 2.51. The SMILES string of the molecule is C1#C[C@@H](c2ccc3ccccc3c2)OCCC1. The molecule has 0 amide bonds. The Bertz CT molecular complexity index is 589. The lowest BCUT2D eigenvalue weighted by molar-refractivity contribution is 0.0934. The zero-order valence-electron chi connectivity index (χ0n) is 9.65. The normalized spacial score (nSPS) is 19.4. The smallest absolute Gasteiger partial charge is 0.143 e. The van der Waals surface area contributed by atoms with Gasteiger partial charge in [-0.1, -0.05) is 42.3 Å². The lowest BCUT2D eigenvalue weighted by Crippen LogP contribution is -2.01. The van der Waals surface area contributed by atoms with Gasteiger partial charge in [0.25, 0.3) is 0 Å². The minimum Gasteiger partial charge on any atom is -0.361 e. The van der Waals surface area contributed by atoms with E-state index < -0.39 is 0 Å². The summed E-state index contributed by atoms with van der Waals surface area (Å²) in [5.41, 5.74) is 1.16. The van der Waals surface area contributed by atoms with Gasteiger partial charge in [0.15, 0.2) is 0 Å². The molecule has 0 spiro atoms. The predicted octanol–water partition coefficient (Wildman–Crippen LogP) is 3.69. The number of benzene rings is 2. The number of hydrogen-bond acceptors (Lipinski definition) is 1. The Morgan fingerprint density at radius 3 is 2.88 bits per heavy atom.